The Hall–Kier alpha value is -0.710. The highest BCUT2D eigenvalue weighted by atomic mass is 35.5. The molecule has 0 saturated carbocycles. The molecule has 0 fully saturated rings. The van der Waals surface area contributed by atoms with Gasteiger partial charge in [0.25, 0.3) is 0 Å². The summed E-state index contributed by atoms with van der Waals surface area (Å²) in [4.78, 5) is 11.8. The minimum Gasteiger partial charge on any atom is -0.327 e. The number of carbonyl (C=O) groups is 1. The third-order valence-corrected chi connectivity index (χ3v) is 3.36. The molecule has 0 spiro atoms. The first kappa shape index (κ1) is 17.3. The molecule has 0 heterocycles. The molecule has 0 radical (unpaired) electrons. The normalized spacial score (nSPS) is 13.3. The number of anilines is 1. The highest BCUT2D eigenvalue weighted by Crippen LogP contribution is 2.14. The van der Waals surface area contributed by atoms with Crippen molar-refractivity contribution in [2.24, 2.45) is 11.7 Å². The number of hydrogen-bond donors (Lipinski definition) is 2. The molecule has 0 bridgehead atoms. The standard InChI is InChI=1S/C13H20N2OS.ClH/c1-9(10(2)14)13(16)15-12-6-4-11(5-7-12)8-17-3;/h4-7,9-10H,8,14H2,1-3H3,(H,15,16);1H. The fraction of sp³-hybridized carbons (Fsp3) is 0.462. The maximum absolute atomic E-state index is 11.8. The van der Waals surface area contributed by atoms with Gasteiger partial charge in [-0.3, -0.25) is 4.79 Å². The van der Waals surface area contributed by atoms with Gasteiger partial charge in [-0.25, -0.2) is 0 Å². The largest absolute Gasteiger partial charge is 0.327 e. The highest BCUT2D eigenvalue weighted by Gasteiger charge is 2.16. The van der Waals surface area contributed by atoms with Crippen LogP contribution in [0.1, 0.15) is 19.4 Å². The van der Waals surface area contributed by atoms with Crippen molar-refractivity contribution in [3.63, 3.8) is 0 Å². The number of hydrogen-bond acceptors (Lipinski definition) is 3. The topological polar surface area (TPSA) is 55.1 Å². The van der Waals surface area contributed by atoms with Crippen molar-refractivity contribution in [1.29, 1.82) is 0 Å². The highest BCUT2D eigenvalue weighted by molar-refractivity contribution is 7.97. The summed E-state index contributed by atoms with van der Waals surface area (Å²) >= 11 is 1.78. The van der Waals surface area contributed by atoms with E-state index in [4.69, 9.17) is 5.73 Å². The van der Waals surface area contributed by atoms with E-state index in [2.05, 4.69) is 11.6 Å². The average Bonchev–Trinajstić information content (AvgIpc) is 2.30. The Balaban J connectivity index is 0.00000289. The van der Waals surface area contributed by atoms with E-state index in [0.29, 0.717) is 0 Å². The number of benzene rings is 1. The van der Waals surface area contributed by atoms with Gasteiger partial charge in [0.15, 0.2) is 0 Å². The first-order valence-electron chi connectivity index (χ1n) is 5.69. The molecule has 1 aromatic rings. The van der Waals surface area contributed by atoms with Gasteiger partial charge in [-0.15, -0.1) is 12.4 Å². The molecule has 3 nitrogen and oxygen atoms in total. The first-order chi connectivity index (χ1) is 8.04. The van der Waals surface area contributed by atoms with Gasteiger partial charge >= 0.3 is 0 Å². The second-order valence-corrected chi connectivity index (χ2v) is 5.13. The van der Waals surface area contributed by atoms with E-state index in [0.717, 1.165) is 11.4 Å². The van der Waals surface area contributed by atoms with Crippen molar-refractivity contribution in [2.45, 2.75) is 25.6 Å². The average molecular weight is 289 g/mol. The molecule has 0 aliphatic heterocycles. The summed E-state index contributed by atoms with van der Waals surface area (Å²) in [6.07, 6.45) is 2.07. The summed E-state index contributed by atoms with van der Waals surface area (Å²) in [5, 5.41) is 2.87. The molecule has 0 saturated heterocycles. The number of rotatable bonds is 5. The summed E-state index contributed by atoms with van der Waals surface area (Å²) in [6.45, 7) is 3.67. The number of nitrogens with two attached hydrogens (primary N) is 1. The molecule has 0 aliphatic rings. The smallest absolute Gasteiger partial charge is 0.228 e. The third-order valence-electron chi connectivity index (χ3n) is 2.73. The van der Waals surface area contributed by atoms with E-state index in [1.165, 1.54) is 5.56 Å². The van der Waals surface area contributed by atoms with Gasteiger partial charge in [-0.1, -0.05) is 19.1 Å². The third kappa shape index (κ3) is 5.29. The van der Waals surface area contributed by atoms with Gasteiger partial charge in [0, 0.05) is 17.5 Å². The number of thioether (sulfide) groups is 1. The van der Waals surface area contributed by atoms with Crippen molar-refractivity contribution in [1.82, 2.24) is 0 Å². The van der Waals surface area contributed by atoms with Gasteiger partial charge in [-0.2, -0.15) is 11.8 Å². The van der Waals surface area contributed by atoms with Crippen molar-refractivity contribution in [3.05, 3.63) is 29.8 Å². The van der Waals surface area contributed by atoms with Crippen molar-refractivity contribution < 1.29 is 4.79 Å². The number of amides is 1. The van der Waals surface area contributed by atoms with Crippen molar-refractivity contribution >= 4 is 35.8 Å². The minimum atomic E-state index is -0.180. The Bertz CT molecular complexity index is 368. The van der Waals surface area contributed by atoms with Crippen LogP contribution < -0.4 is 11.1 Å². The molecule has 102 valence electrons. The molecule has 1 amide bonds. The predicted octanol–water partition coefficient (Wildman–Crippen LogP) is 2.89. The molecular formula is C13H21ClN2OS. The van der Waals surface area contributed by atoms with Crippen molar-refractivity contribution in [3.8, 4) is 0 Å². The van der Waals surface area contributed by atoms with E-state index < -0.39 is 0 Å². The fourth-order valence-electron chi connectivity index (χ4n) is 1.35. The Labute approximate surface area is 119 Å². The summed E-state index contributed by atoms with van der Waals surface area (Å²) < 4.78 is 0. The lowest BCUT2D eigenvalue weighted by Crippen LogP contribution is -2.34. The molecule has 1 rings (SSSR count). The maximum atomic E-state index is 11.8. The quantitative estimate of drug-likeness (QED) is 0.876. The molecule has 2 atom stereocenters. The van der Waals surface area contributed by atoms with Crippen LogP contribution in [-0.2, 0) is 10.5 Å². The van der Waals surface area contributed by atoms with Gasteiger partial charge in [-0.05, 0) is 30.9 Å². The van der Waals surface area contributed by atoms with Crippen LogP contribution in [0.2, 0.25) is 0 Å². The van der Waals surface area contributed by atoms with E-state index in [-0.39, 0.29) is 30.3 Å². The fourth-order valence-corrected chi connectivity index (χ4v) is 1.87. The van der Waals surface area contributed by atoms with Gasteiger partial charge in [0.05, 0.1) is 5.92 Å². The van der Waals surface area contributed by atoms with Crippen LogP contribution in [0.15, 0.2) is 24.3 Å². The molecule has 0 aliphatic carbocycles. The number of carbonyl (C=O) groups excluding carboxylic acids is 1. The van der Waals surface area contributed by atoms with Crippen LogP contribution in [0, 0.1) is 5.92 Å². The maximum Gasteiger partial charge on any atom is 0.228 e. The Kier molecular flexibility index (Phi) is 8.07. The monoisotopic (exact) mass is 288 g/mol. The molecule has 0 aromatic heterocycles. The summed E-state index contributed by atoms with van der Waals surface area (Å²) in [5.41, 5.74) is 7.78. The van der Waals surface area contributed by atoms with Crippen LogP contribution >= 0.6 is 24.2 Å². The van der Waals surface area contributed by atoms with Crippen LogP contribution in [0.4, 0.5) is 5.69 Å². The lowest BCUT2D eigenvalue weighted by Gasteiger charge is -2.15. The van der Waals surface area contributed by atoms with Gasteiger partial charge in [0.1, 0.15) is 0 Å². The SMILES string of the molecule is CSCc1ccc(NC(=O)C(C)C(C)N)cc1.Cl. The zero-order valence-electron chi connectivity index (χ0n) is 11.0. The molecule has 5 heteroatoms. The second kappa shape index (κ2) is 8.40. The van der Waals surface area contributed by atoms with E-state index in [9.17, 15) is 4.79 Å². The second-order valence-electron chi connectivity index (χ2n) is 4.27. The van der Waals surface area contributed by atoms with Crippen molar-refractivity contribution in [2.75, 3.05) is 11.6 Å². The number of nitrogens with one attached hydrogen (secondary N) is 1. The summed E-state index contributed by atoms with van der Waals surface area (Å²) in [5.74, 6) is 0.781. The van der Waals surface area contributed by atoms with E-state index >= 15 is 0 Å². The number of halogens is 1. The van der Waals surface area contributed by atoms with E-state index in [1.807, 2.05) is 38.1 Å². The zero-order chi connectivity index (χ0) is 12.8. The van der Waals surface area contributed by atoms with Crippen LogP contribution in [0.3, 0.4) is 0 Å². The van der Waals surface area contributed by atoms with E-state index in [1.54, 1.807) is 11.8 Å². The lowest BCUT2D eigenvalue weighted by molar-refractivity contribution is -0.119. The summed E-state index contributed by atoms with van der Waals surface area (Å²) in [7, 11) is 0. The predicted molar refractivity (Wildman–Crippen MR) is 82.4 cm³/mol. The summed E-state index contributed by atoms with van der Waals surface area (Å²) in [6, 6.07) is 7.78. The van der Waals surface area contributed by atoms with Gasteiger partial charge < -0.3 is 11.1 Å². The Morgan fingerprint density at radius 3 is 2.33 bits per heavy atom. The zero-order valence-corrected chi connectivity index (χ0v) is 12.6. The lowest BCUT2D eigenvalue weighted by atomic mass is 10.0. The Morgan fingerprint density at radius 1 is 1.33 bits per heavy atom. The molecule has 3 N–H and O–H groups in total. The van der Waals surface area contributed by atoms with Crippen LogP contribution in [-0.4, -0.2) is 18.2 Å². The first-order valence-corrected chi connectivity index (χ1v) is 7.08. The molecule has 2 unspecified atom stereocenters. The van der Waals surface area contributed by atoms with Gasteiger partial charge in [0.2, 0.25) is 5.91 Å². The Morgan fingerprint density at radius 2 is 1.89 bits per heavy atom. The minimum absolute atomic E-state index is 0. The molecular weight excluding hydrogens is 268 g/mol. The molecule has 1 aromatic carbocycles. The van der Waals surface area contributed by atoms with Crippen LogP contribution in [0.25, 0.3) is 0 Å². The van der Waals surface area contributed by atoms with Crippen LogP contribution in [0.5, 0.6) is 0 Å². The molecule has 18 heavy (non-hydrogen) atoms.